The lowest BCUT2D eigenvalue weighted by molar-refractivity contribution is -0.123. The topological polar surface area (TPSA) is 73.6 Å². The third-order valence-electron chi connectivity index (χ3n) is 3.80. The maximum atomic E-state index is 12.0. The molecule has 0 bridgehead atoms. The zero-order valence-corrected chi connectivity index (χ0v) is 13.1. The number of hydrogen-bond acceptors (Lipinski definition) is 4. The van der Waals surface area contributed by atoms with E-state index in [1.165, 1.54) is 0 Å². The van der Waals surface area contributed by atoms with Crippen LogP contribution in [0, 0.1) is 0 Å². The highest BCUT2D eigenvalue weighted by atomic mass is 16.5. The van der Waals surface area contributed by atoms with Gasteiger partial charge in [-0.3, -0.25) is 4.79 Å². The van der Waals surface area contributed by atoms with Gasteiger partial charge in [0, 0.05) is 6.54 Å². The summed E-state index contributed by atoms with van der Waals surface area (Å²) in [5.41, 5.74) is 5.47. The molecule has 5 nitrogen and oxygen atoms in total. The molecule has 0 aliphatic carbocycles. The Morgan fingerprint density at radius 3 is 2.38 bits per heavy atom. The fourth-order valence-electron chi connectivity index (χ4n) is 2.12. The molecule has 0 aliphatic rings. The van der Waals surface area contributed by atoms with Crippen molar-refractivity contribution < 1.29 is 14.3 Å². The van der Waals surface area contributed by atoms with Gasteiger partial charge in [-0.1, -0.05) is 26.0 Å². The van der Waals surface area contributed by atoms with Gasteiger partial charge in [0.25, 0.3) is 0 Å². The van der Waals surface area contributed by atoms with Crippen LogP contribution in [0.5, 0.6) is 11.5 Å². The summed E-state index contributed by atoms with van der Waals surface area (Å²) >= 11 is 0. The lowest BCUT2D eigenvalue weighted by Gasteiger charge is -2.31. The van der Waals surface area contributed by atoms with E-state index in [1.807, 2.05) is 38.1 Å². The highest BCUT2D eigenvalue weighted by molar-refractivity contribution is 5.77. The number of nitrogens with one attached hydrogen (secondary N) is 1. The van der Waals surface area contributed by atoms with Gasteiger partial charge in [-0.15, -0.1) is 0 Å². The highest BCUT2D eigenvalue weighted by Crippen LogP contribution is 2.25. The van der Waals surface area contributed by atoms with Crippen LogP contribution < -0.4 is 20.5 Å². The van der Waals surface area contributed by atoms with Crippen LogP contribution in [-0.2, 0) is 4.79 Å². The van der Waals surface area contributed by atoms with Crippen molar-refractivity contribution in [2.24, 2.45) is 5.73 Å². The van der Waals surface area contributed by atoms with E-state index in [4.69, 9.17) is 15.2 Å². The number of rotatable bonds is 9. The number of hydrogen-bond donors (Lipinski definition) is 2. The minimum absolute atomic E-state index is 0.0425. The molecule has 5 heteroatoms. The van der Waals surface area contributed by atoms with E-state index in [0.717, 1.165) is 12.8 Å². The summed E-state index contributed by atoms with van der Waals surface area (Å²) in [6, 6.07) is 7.38. The van der Waals surface area contributed by atoms with Gasteiger partial charge in [-0.2, -0.15) is 0 Å². The second-order valence-electron chi connectivity index (χ2n) is 4.99. The number of carbonyl (C=O) groups is 1. The Hall–Kier alpha value is -1.75. The first-order valence-electron chi connectivity index (χ1n) is 7.37. The molecule has 0 aromatic heterocycles. The fourth-order valence-corrected chi connectivity index (χ4v) is 2.12. The van der Waals surface area contributed by atoms with Crippen LogP contribution in [0.2, 0.25) is 0 Å². The predicted octanol–water partition coefficient (Wildman–Crippen LogP) is 2.10. The minimum atomic E-state index is -0.304. The summed E-state index contributed by atoms with van der Waals surface area (Å²) in [6.07, 6.45) is 1.93. The van der Waals surface area contributed by atoms with Gasteiger partial charge in [-0.05, 0) is 25.0 Å². The van der Waals surface area contributed by atoms with Crippen molar-refractivity contribution in [2.45, 2.75) is 38.6 Å². The van der Waals surface area contributed by atoms with Crippen molar-refractivity contribution in [1.82, 2.24) is 5.32 Å². The van der Waals surface area contributed by atoms with Gasteiger partial charge >= 0.3 is 0 Å². The average molecular weight is 294 g/mol. The van der Waals surface area contributed by atoms with E-state index in [9.17, 15) is 4.79 Å². The number of carbonyl (C=O) groups excluding carboxylic acids is 1. The molecule has 0 saturated heterocycles. The summed E-state index contributed by atoms with van der Waals surface area (Å²) in [6.45, 7) is 4.81. The van der Waals surface area contributed by atoms with Gasteiger partial charge in [-0.25, -0.2) is 0 Å². The Balaban J connectivity index is 2.47. The molecule has 0 heterocycles. The molecule has 118 valence electrons. The maximum Gasteiger partial charge on any atom is 0.223 e. The van der Waals surface area contributed by atoms with E-state index < -0.39 is 0 Å². The van der Waals surface area contributed by atoms with Gasteiger partial charge in [0.05, 0.1) is 25.7 Å². The molecule has 0 saturated carbocycles. The van der Waals surface area contributed by atoms with Crippen LogP contribution >= 0.6 is 0 Å². The van der Waals surface area contributed by atoms with Crippen LogP contribution in [0.25, 0.3) is 0 Å². The quantitative estimate of drug-likeness (QED) is 0.731. The molecule has 0 unspecified atom stereocenters. The van der Waals surface area contributed by atoms with Gasteiger partial charge in [0.1, 0.15) is 0 Å². The number of nitrogens with two attached hydrogens (primary N) is 1. The molecule has 0 spiro atoms. The zero-order valence-electron chi connectivity index (χ0n) is 13.1. The summed E-state index contributed by atoms with van der Waals surface area (Å²) < 4.78 is 10.8. The largest absolute Gasteiger partial charge is 0.493 e. The third-order valence-corrected chi connectivity index (χ3v) is 3.80. The van der Waals surface area contributed by atoms with Crippen molar-refractivity contribution in [3.8, 4) is 11.5 Å². The van der Waals surface area contributed by atoms with Crippen LogP contribution in [0.4, 0.5) is 0 Å². The van der Waals surface area contributed by atoms with Crippen molar-refractivity contribution in [2.75, 3.05) is 20.3 Å². The van der Waals surface area contributed by atoms with Crippen LogP contribution in [0.1, 0.15) is 33.1 Å². The Labute approximate surface area is 126 Å². The monoisotopic (exact) mass is 294 g/mol. The van der Waals surface area contributed by atoms with Crippen molar-refractivity contribution in [3.05, 3.63) is 24.3 Å². The Morgan fingerprint density at radius 1 is 1.24 bits per heavy atom. The number of para-hydroxylation sites is 2. The second kappa shape index (κ2) is 8.52. The van der Waals surface area contributed by atoms with E-state index in [0.29, 0.717) is 31.1 Å². The van der Waals surface area contributed by atoms with Gasteiger partial charge < -0.3 is 20.5 Å². The van der Waals surface area contributed by atoms with Gasteiger partial charge in [0.15, 0.2) is 11.5 Å². The summed E-state index contributed by atoms with van der Waals surface area (Å²) in [7, 11) is 1.59. The van der Waals surface area contributed by atoms with E-state index >= 15 is 0 Å². The summed E-state index contributed by atoms with van der Waals surface area (Å²) in [5, 5.41) is 3.02. The predicted molar refractivity (Wildman–Crippen MR) is 83.6 cm³/mol. The van der Waals surface area contributed by atoms with Crippen LogP contribution in [0.3, 0.4) is 0 Å². The molecule has 1 aromatic rings. The molecule has 0 aliphatic heterocycles. The maximum absolute atomic E-state index is 12.0. The van der Waals surface area contributed by atoms with Gasteiger partial charge in [0.2, 0.25) is 5.91 Å². The average Bonchev–Trinajstić information content (AvgIpc) is 2.53. The van der Waals surface area contributed by atoms with Crippen LogP contribution in [-0.4, -0.2) is 31.7 Å². The van der Waals surface area contributed by atoms with Crippen molar-refractivity contribution >= 4 is 5.91 Å². The summed E-state index contributed by atoms with van der Waals surface area (Å²) in [5.74, 6) is 1.26. The highest BCUT2D eigenvalue weighted by Gasteiger charge is 2.25. The fraction of sp³-hybridized carbons (Fsp3) is 0.562. The lowest BCUT2D eigenvalue weighted by atomic mass is 9.93. The Bertz CT molecular complexity index is 437. The number of methoxy groups -OCH3 is 1. The molecular weight excluding hydrogens is 268 g/mol. The van der Waals surface area contributed by atoms with Crippen molar-refractivity contribution in [3.63, 3.8) is 0 Å². The molecule has 0 radical (unpaired) electrons. The normalized spacial score (nSPS) is 11.0. The van der Waals surface area contributed by atoms with Crippen LogP contribution in [0.15, 0.2) is 24.3 Å². The Morgan fingerprint density at radius 2 is 1.86 bits per heavy atom. The molecular formula is C16H26N2O3. The van der Waals surface area contributed by atoms with E-state index in [1.54, 1.807) is 7.11 Å². The van der Waals surface area contributed by atoms with Crippen molar-refractivity contribution in [1.29, 1.82) is 0 Å². The molecule has 1 aromatic carbocycles. The third kappa shape index (κ3) is 4.93. The molecule has 1 amide bonds. The summed E-state index contributed by atoms with van der Waals surface area (Å²) in [4.78, 5) is 12.0. The number of ether oxygens (including phenoxy) is 2. The second-order valence-corrected chi connectivity index (χ2v) is 4.99. The minimum Gasteiger partial charge on any atom is -0.493 e. The smallest absolute Gasteiger partial charge is 0.223 e. The number of amides is 1. The molecule has 1 rings (SSSR count). The first-order valence-corrected chi connectivity index (χ1v) is 7.37. The first kappa shape index (κ1) is 17.3. The molecule has 0 atom stereocenters. The Kier molecular flexibility index (Phi) is 7.02. The zero-order chi connectivity index (χ0) is 15.7. The SMILES string of the molecule is CCC(CC)(CN)NC(=O)CCOc1ccccc1OC. The molecule has 3 N–H and O–H groups in total. The lowest BCUT2D eigenvalue weighted by Crippen LogP contribution is -2.53. The first-order chi connectivity index (χ1) is 10.1. The molecule has 21 heavy (non-hydrogen) atoms. The van der Waals surface area contributed by atoms with E-state index in [-0.39, 0.29) is 11.4 Å². The van der Waals surface area contributed by atoms with E-state index in [2.05, 4.69) is 5.32 Å². The standard InChI is InChI=1S/C16H26N2O3/c1-4-16(5-2,12-17)18-15(19)10-11-21-14-9-7-6-8-13(14)20-3/h6-9H,4-5,10-12,17H2,1-3H3,(H,18,19). The number of benzene rings is 1. The molecule has 0 fully saturated rings.